The van der Waals surface area contributed by atoms with Crippen molar-refractivity contribution in [2.24, 2.45) is 0 Å². The number of fused-ring (bicyclic) bond motifs is 1. The molecule has 0 bridgehead atoms. The first kappa shape index (κ1) is 11.2. The summed E-state index contributed by atoms with van der Waals surface area (Å²) in [7, 11) is 1.92. The second-order valence-electron chi connectivity index (χ2n) is 3.89. The summed E-state index contributed by atoms with van der Waals surface area (Å²) < 4.78 is 15.0. The third-order valence-electron chi connectivity index (χ3n) is 2.69. The van der Waals surface area contributed by atoms with Gasteiger partial charge in [0, 0.05) is 36.8 Å². The Labute approximate surface area is 108 Å². The van der Waals surface area contributed by atoms with Gasteiger partial charge in [-0.05, 0) is 17.3 Å². The van der Waals surface area contributed by atoms with Gasteiger partial charge in [0.25, 0.3) is 0 Å². The lowest BCUT2D eigenvalue weighted by molar-refractivity contribution is 0.297. The molecule has 0 N–H and O–H groups in total. The van der Waals surface area contributed by atoms with Crippen molar-refractivity contribution in [3.8, 4) is 11.5 Å². The third kappa shape index (κ3) is 2.08. The van der Waals surface area contributed by atoms with Gasteiger partial charge < -0.3 is 14.4 Å². The molecule has 0 fully saturated rings. The molecule has 1 aliphatic rings. The monoisotopic (exact) mass is 264 g/mol. The van der Waals surface area contributed by atoms with E-state index in [0.29, 0.717) is 13.2 Å². The standard InChI is InChI=1S/C11H12N4O2S/c1-15(11-12-13-14-18-11)8-3-4-9-10(7-8)17-6-2-5-16-9/h3-4,7H,2,5-6H2,1H3. The van der Waals surface area contributed by atoms with E-state index in [4.69, 9.17) is 9.47 Å². The molecule has 7 heteroatoms. The summed E-state index contributed by atoms with van der Waals surface area (Å²) in [5.41, 5.74) is 0.970. The Morgan fingerprint density at radius 1 is 1.22 bits per heavy atom. The lowest BCUT2D eigenvalue weighted by atomic mass is 10.2. The molecule has 2 aromatic rings. The van der Waals surface area contributed by atoms with Gasteiger partial charge in [0.15, 0.2) is 11.5 Å². The van der Waals surface area contributed by atoms with Crippen molar-refractivity contribution in [2.45, 2.75) is 6.42 Å². The van der Waals surface area contributed by atoms with Crippen LogP contribution in [0.4, 0.5) is 10.8 Å². The zero-order valence-corrected chi connectivity index (χ0v) is 10.7. The summed E-state index contributed by atoms with van der Waals surface area (Å²) in [6.07, 6.45) is 0.903. The second-order valence-corrected chi connectivity index (χ2v) is 4.60. The fourth-order valence-electron chi connectivity index (χ4n) is 1.73. The largest absolute Gasteiger partial charge is 0.490 e. The van der Waals surface area contributed by atoms with Crippen LogP contribution >= 0.6 is 11.5 Å². The van der Waals surface area contributed by atoms with E-state index in [1.807, 2.05) is 30.1 Å². The Hall–Kier alpha value is -1.89. The summed E-state index contributed by atoms with van der Waals surface area (Å²) in [6.45, 7) is 1.38. The number of nitrogens with zero attached hydrogens (tertiary/aromatic N) is 4. The van der Waals surface area contributed by atoms with Crippen LogP contribution in [0, 0.1) is 0 Å². The van der Waals surface area contributed by atoms with Crippen LogP contribution in [0.1, 0.15) is 6.42 Å². The predicted molar refractivity (Wildman–Crippen MR) is 67.8 cm³/mol. The molecule has 3 rings (SSSR count). The van der Waals surface area contributed by atoms with Gasteiger partial charge in [0.05, 0.1) is 13.2 Å². The molecule has 2 heterocycles. The number of hydrogen-bond donors (Lipinski definition) is 0. The fourth-order valence-corrected chi connectivity index (χ4v) is 2.18. The lowest BCUT2D eigenvalue weighted by Crippen LogP contribution is -2.09. The summed E-state index contributed by atoms with van der Waals surface area (Å²) in [4.78, 5) is 1.92. The van der Waals surface area contributed by atoms with Gasteiger partial charge in [0.2, 0.25) is 5.13 Å². The van der Waals surface area contributed by atoms with E-state index in [1.54, 1.807) is 0 Å². The van der Waals surface area contributed by atoms with Gasteiger partial charge in [-0.1, -0.05) is 9.59 Å². The van der Waals surface area contributed by atoms with Gasteiger partial charge in [-0.15, -0.1) is 0 Å². The predicted octanol–water partition coefficient (Wildman–Crippen LogP) is 1.86. The summed E-state index contributed by atoms with van der Waals surface area (Å²) in [5.74, 6) is 1.56. The molecule has 0 atom stereocenters. The van der Waals surface area contributed by atoms with Crippen LogP contribution in [0.5, 0.6) is 11.5 Å². The van der Waals surface area contributed by atoms with Gasteiger partial charge in [-0.3, -0.25) is 0 Å². The topological polar surface area (TPSA) is 60.4 Å². The van der Waals surface area contributed by atoms with Crippen molar-refractivity contribution in [3.63, 3.8) is 0 Å². The fraction of sp³-hybridized carbons (Fsp3) is 0.364. The molecule has 1 aromatic carbocycles. The highest BCUT2D eigenvalue weighted by molar-refractivity contribution is 7.09. The summed E-state index contributed by atoms with van der Waals surface area (Å²) >= 11 is 1.25. The summed E-state index contributed by atoms with van der Waals surface area (Å²) in [6, 6.07) is 5.83. The Bertz CT molecular complexity index is 532. The lowest BCUT2D eigenvalue weighted by Gasteiger charge is -2.16. The van der Waals surface area contributed by atoms with Crippen LogP contribution in [0.15, 0.2) is 18.2 Å². The minimum atomic E-state index is 0.681. The molecule has 0 amide bonds. The highest BCUT2D eigenvalue weighted by Gasteiger charge is 2.14. The molecule has 94 valence electrons. The number of anilines is 2. The average Bonchev–Trinajstić information content (AvgIpc) is 2.83. The minimum absolute atomic E-state index is 0.681. The zero-order valence-electron chi connectivity index (χ0n) is 9.87. The van der Waals surface area contributed by atoms with E-state index in [0.717, 1.165) is 28.7 Å². The van der Waals surface area contributed by atoms with E-state index in [9.17, 15) is 0 Å². The van der Waals surface area contributed by atoms with Crippen LogP contribution in [-0.2, 0) is 0 Å². The Kier molecular flexibility index (Phi) is 2.97. The van der Waals surface area contributed by atoms with Crippen molar-refractivity contribution in [3.05, 3.63) is 18.2 Å². The van der Waals surface area contributed by atoms with E-state index in [1.165, 1.54) is 11.5 Å². The van der Waals surface area contributed by atoms with Crippen LogP contribution in [-0.4, -0.2) is 35.1 Å². The van der Waals surface area contributed by atoms with Crippen LogP contribution < -0.4 is 14.4 Å². The van der Waals surface area contributed by atoms with Crippen molar-refractivity contribution >= 4 is 22.4 Å². The number of hydrogen-bond acceptors (Lipinski definition) is 7. The molecule has 1 aromatic heterocycles. The van der Waals surface area contributed by atoms with Crippen molar-refractivity contribution in [1.29, 1.82) is 0 Å². The van der Waals surface area contributed by atoms with Gasteiger partial charge in [-0.2, -0.15) is 0 Å². The number of aromatic nitrogens is 3. The second kappa shape index (κ2) is 4.77. The summed E-state index contributed by atoms with van der Waals surface area (Å²) in [5, 5.41) is 8.27. The van der Waals surface area contributed by atoms with Crippen molar-refractivity contribution in [1.82, 2.24) is 14.8 Å². The quantitative estimate of drug-likeness (QED) is 0.825. The van der Waals surface area contributed by atoms with Crippen molar-refractivity contribution < 1.29 is 9.47 Å². The number of benzene rings is 1. The number of rotatable bonds is 2. The van der Waals surface area contributed by atoms with E-state index in [-0.39, 0.29) is 0 Å². The van der Waals surface area contributed by atoms with Gasteiger partial charge >= 0.3 is 0 Å². The Balaban J connectivity index is 1.92. The van der Waals surface area contributed by atoms with E-state index >= 15 is 0 Å². The molecule has 0 spiro atoms. The molecule has 0 saturated heterocycles. The van der Waals surface area contributed by atoms with Gasteiger partial charge in [0.1, 0.15) is 0 Å². The molecular weight excluding hydrogens is 252 g/mol. The zero-order chi connectivity index (χ0) is 12.4. The molecule has 6 nitrogen and oxygen atoms in total. The molecule has 18 heavy (non-hydrogen) atoms. The molecule has 0 saturated carbocycles. The molecule has 0 unspecified atom stereocenters. The average molecular weight is 264 g/mol. The van der Waals surface area contributed by atoms with Crippen LogP contribution in [0.3, 0.4) is 0 Å². The minimum Gasteiger partial charge on any atom is -0.490 e. The van der Waals surface area contributed by atoms with E-state index < -0.39 is 0 Å². The Morgan fingerprint density at radius 3 is 2.83 bits per heavy atom. The highest BCUT2D eigenvalue weighted by Crippen LogP contribution is 2.35. The van der Waals surface area contributed by atoms with Gasteiger partial charge in [-0.25, -0.2) is 0 Å². The first-order valence-corrected chi connectivity index (χ1v) is 6.40. The maximum atomic E-state index is 5.66. The first-order chi connectivity index (χ1) is 8.84. The maximum Gasteiger partial charge on any atom is 0.232 e. The number of ether oxygens (including phenoxy) is 2. The smallest absolute Gasteiger partial charge is 0.232 e. The van der Waals surface area contributed by atoms with Crippen LogP contribution in [0.2, 0.25) is 0 Å². The highest BCUT2D eigenvalue weighted by atomic mass is 32.1. The van der Waals surface area contributed by atoms with Crippen LogP contribution in [0.25, 0.3) is 0 Å². The van der Waals surface area contributed by atoms with E-state index in [2.05, 4.69) is 14.8 Å². The third-order valence-corrected chi connectivity index (χ3v) is 3.37. The van der Waals surface area contributed by atoms with Crippen molar-refractivity contribution in [2.75, 3.05) is 25.2 Å². The maximum absolute atomic E-state index is 5.66. The molecule has 0 radical (unpaired) electrons. The SMILES string of the molecule is CN(c1ccc2c(c1)OCCCO2)c1nnns1. The molecule has 0 aliphatic carbocycles. The Morgan fingerprint density at radius 2 is 2.06 bits per heavy atom. The first-order valence-electron chi connectivity index (χ1n) is 5.63. The normalized spacial score (nSPS) is 14.1. The molecule has 1 aliphatic heterocycles. The molecular formula is C11H12N4O2S.